The summed E-state index contributed by atoms with van der Waals surface area (Å²) in [4.78, 5) is 11.9. The zero-order valence-electron chi connectivity index (χ0n) is 13.8. The van der Waals surface area contributed by atoms with Gasteiger partial charge in [-0.15, -0.1) is 0 Å². The molecule has 0 aliphatic heterocycles. The summed E-state index contributed by atoms with van der Waals surface area (Å²) in [6.45, 7) is 3.63. The van der Waals surface area contributed by atoms with Gasteiger partial charge in [-0.25, -0.2) is 8.42 Å². The lowest BCUT2D eigenvalue weighted by Crippen LogP contribution is -2.41. The van der Waals surface area contributed by atoms with Gasteiger partial charge in [0.15, 0.2) is 0 Å². The number of methoxy groups -OCH3 is 1. The van der Waals surface area contributed by atoms with Gasteiger partial charge in [0, 0.05) is 18.1 Å². The molecule has 0 aliphatic rings. The van der Waals surface area contributed by atoms with Crippen molar-refractivity contribution >= 4 is 27.5 Å². The van der Waals surface area contributed by atoms with Gasteiger partial charge in [-0.3, -0.25) is 4.79 Å². The van der Waals surface area contributed by atoms with Crippen molar-refractivity contribution in [3.8, 4) is 5.75 Å². The lowest BCUT2D eigenvalue weighted by molar-refractivity contribution is -0.121. The second-order valence-electron chi connectivity index (χ2n) is 5.31. The van der Waals surface area contributed by atoms with Crippen LogP contribution in [0, 0.1) is 0 Å². The van der Waals surface area contributed by atoms with Gasteiger partial charge < -0.3 is 10.1 Å². The maximum absolute atomic E-state index is 12.6. The summed E-state index contributed by atoms with van der Waals surface area (Å²) in [6, 6.07) is 4.33. The minimum absolute atomic E-state index is 0.00399. The van der Waals surface area contributed by atoms with E-state index in [1.807, 2.05) is 13.8 Å². The lowest BCUT2D eigenvalue weighted by atomic mass is 10.2. The Balaban J connectivity index is 2.92. The van der Waals surface area contributed by atoms with E-state index in [9.17, 15) is 13.2 Å². The van der Waals surface area contributed by atoms with Gasteiger partial charge in [0.05, 0.1) is 13.7 Å². The van der Waals surface area contributed by atoms with E-state index in [-0.39, 0.29) is 34.2 Å². The van der Waals surface area contributed by atoms with Crippen LogP contribution < -0.4 is 10.1 Å². The number of hydrogen-bond acceptors (Lipinski definition) is 4. The highest BCUT2D eigenvalue weighted by Crippen LogP contribution is 2.28. The molecular formula is C15H23ClN2O4S. The minimum atomic E-state index is -3.88. The minimum Gasteiger partial charge on any atom is -0.495 e. The summed E-state index contributed by atoms with van der Waals surface area (Å²) in [6.07, 6.45) is 1.78. The number of benzene rings is 1. The number of carbonyl (C=O) groups is 1. The number of rotatable bonds is 8. The van der Waals surface area contributed by atoms with E-state index in [1.54, 1.807) is 6.07 Å². The van der Waals surface area contributed by atoms with Crippen LogP contribution in [0.2, 0.25) is 5.02 Å². The van der Waals surface area contributed by atoms with Gasteiger partial charge in [-0.2, -0.15) is 4.31 Å². The molecule has 0 spiro atoms. The summed E-state index contributed by atoms with van der Waals surface area (Å²) in [5.74, 6) is -0.168. The first kappa shape index (κ1) is 19.7. The highest BCUT2D eigenvalue weighted by Gasteiger charge is 2.27. The molecule has 0 fully saturated rings. The number of likely N-dealkylation sites (N-methyl/N-ethyl adjacent to an activating group) is 1. The Morgan fingerprint density at radius 2 is 2.09 bits per heavy atom. The first-order chi connectivity index (χ1) is 10.7. The van der Waals surface area contributed by atoms with Crippen molar-refractivity contribution in [1.29, 1.82) is 0 Å². The highest BCUT2D eigenvalue weighted by molar-refractivity contribution is 7.89. The van der Waals surface area contributed by atoms with E-state index in [2.05, 4.69) is 5.32 Å². The first-order valence-electron chi connectivity index (χ1n) is 7.31. The molecule has 1 N–H and O–H groups in total. The molecule has 6 nitrogen and oxygen atoms in total. The quantitative estimate of drug-likeness (QED) is 0.769. The second kappa shape index (κ2) is 8.52. The van der Waals surface area contributed by atoms with Crippen LogP contribution in [-0.4, -0.2) is 45.4 Å². The van der Waals surface area contributed by atoms with Crippen LogP contribution in [0.5, 0.6) is 5.75 Å². The smallest absolute Gasteiger partial charge is 0.247 e. The molecule has 0 saturated heterocycles. The van der Waals surface area contributed by atoms with E-state index in [0.29, 0.717) is 0 Å². The van der Waals surface area contributed by atoms with Crippen molar-refractivity contribution in [2.75, 3.05) is 20.7 Å². The molecule has 0 unspecified atom stereocenters. The number of carbonyl (C=O) groups excluding carboxylic acids is 1. The molecule has 0 heterocycles. The number of sulfonamides is 1. The number of ether oxygens (including phenoxy) is 1. The molecule has 1 aromatic rings. The van der Waals surface area contributed by atoms with Crippen LogP contribution in [0.3, 0.4) is 0 Å². The molecule has 8 heteroatoms. The fourth-order valence-corrected chi connectivity index (χ4v) is 3.67. The van der Waals surface area contributed by atoms with Crippen molar-refractivity contribution in [3.05, 3.63) is 23.2 Å². The fraction of sp³-hybridized carbons (Fsp3) is 0.533. The number of hydrogen-bond donors (Lipinski definition) is 1. The van der Waals surface area contributed by atoms with E-state index < -0.39 is 10.0 Å². The molecule has 1 aromatic carbocycles. The lowest BCUT2D eigenvalue weighted by Gasteiger charge is -2.20. The summed E-state index contributed by atoms with van der Waals surface area (Å²) >= 11 is 5.88. The van der Waals surface area contributed by atoms with E-state index >= 15 is 0 Å². The van der Waals surface area contributed by atoms with Crippen LogP contribution in [-0.2, 0) is 14.8 Å². The first-order valence-corrected chi connectivity index (χ1v) is 9.13. The Bertz CT molecular complexity index is 649. The van der Waals surface area contributed by atoms with Crippen LogP contribution in [0.4, 0.5) is 0 Å². The van der Waals surface area contributed by atoms with Crippen LogP contribution in [0.15, 0.2) is 23.1 Å². The third-order valence-corrected chi connectivity index (χ3v) is 5.37. The third kappa shape index (κ3) is 5.37. The topological polar surface area (TPSA) is 75.7 Å². The van der Waals surface area contributed by atoms with Gasteiger partial charge in [-0.1, -0.05) is 24.9 Å². The van der Waals surface area contributed by atoms with Crippen molar-refractivity contribution in [1.82, 2.24) is 9.62 Å². The molecule has 0 aliphatic carbocycles. The Morgan fingerprint density at radius 1 is 1.43 bits per heavy atom. The Labute approximate surface area is 142 Å². The maximum Gasteiger partial charge on any atom is 0.247 e. The van der Waals surface area contributed by atoms with Crippen molar-refractivity contribution in [2.24, 2.45) is 0 Å². The molecule has 23 heavy (non-hydrogen) atoms. The zero-order chi connectivity index (χ0) is 17.6. The van der Waals surface area contributed by atoms with Crippen molar-refractivity contribution in [2.45, 2.75) is 37.6 Å². The highest BCUT2D eigenvalue weighted by atomic mass is 35.5. The third-order valence-electron chi connectivity index (χ3n) is 3.31. The summed E-state index contributed by atoms with van der Waals surface area (Å²) in [5.41, 5.74) is 0. The predicted octanol–water partition coefficient (Wildman–Crippen LogP) is 2.27. The van der Waals surface area contributed by atoms with Crippen LogP contribution in [0.1, 0.15) is 26.7 Å². The normalized spacial score (nSPS) is 13.0. The largest absolute Gasteiger partial charge is 0.495 e. The van der Waals surface area contributed by atoms with Crippen molar-refractivity contribution in [3.63, 3.8) is 0 Å². The van der Waals surface area contributed by atoms with Crippen LogP contribution >= 0.6 is 11.6 Å². The Kier molecular flexibility index (Phi) is 7.31. The summed E-state index contributed by atoms with van der Waals surface area (Å²) < 4.78 is 31.3. The average Bonchev–Trinajstić information content (AvgIpc) is 2.47. The van der Waals surface area contributed by atoms with Crippen LogP contribution in [0.25, 0.3) is 0 Å². The van der Waals surface area contributed by atoms with Gasteiger partial charge in [0.1, 0.15) is 10.6 Å². The zero-order valence-corrected chi connectivity index (χ0v) is 15.4. The van der Waals surface area contributed by atoms with Gasteiger partial charge in [-0.05, 0) is 31.5 Å². The molecule has 130 valence electrons. The molecule has 1 rings (SSSR count). The summed E-state index contributed by atoms with van der Waals surface area (Å²) in [7, 11) is -1.16. The van der Waals surface area contributed by atoms with Gasteiger partial charge >= 0.3 is 0 Å². The Hall–Kier alpha value is -1.31. The van der Waals surface area contributed by atoms with Gasteiger partial charge in [0.25, 0.3) is 0 Å². The van der Waals surface area contributed by atoms with E-state index in [4.69, 9.17) is 16.3 Å². The molecule has 0 radical (unpaired) electrons. The van der Waals surface area contributed by atoms with E-state index in [1.165, 1.54) is 26.3 Å². The molecule has 0 aromatic heterocycles. The number of amides is 1. The summed E-state index contributed by atoms with van der Waals surface area (Å²) in [5, 5.41) is 3.05. The van der Waals surface area contributed by atoms with Crippen molar-refractivity contribution < 1.29 is 17.9 Å². The average molecular weight is 363 g/mol. The molecular weight excluding hydrogens is 340 g/mol. The SMILES string of the molecule is CCC[C@H](C)NC(=O)CN(C)S(=O)(=O)c1cc(Cl)ccc1OC. The van der Waals surface area contributed by atoms with E-state index in [0.717, 1.165) is 17.1 Å². The van der Waals surface area contributed by atoms with Gasteiger partial charge in [0.2, 0.25) is 15.9 Å². The second-order valence-corrected chi connectivity index (χ2v) is 7.76. The number of nitrogens with zero attached hydrogens (tertiary/aromatic N) is 1. The molecule has 1 atom stereocenters. The monoisotopic (exact) mass is 362 g/mol. The molecule has 1 amide bonds. The molecule has 0 saturated carbocycles. The standard InChI is InChI=1S/C15H23ClN2O4S/c1-5-6-11(2)17-15(19)10-18(3)23(20,21)14-9-12(16)7-8-13(14)22-4/h7-9,11H,5-6,10H2,1-4H3,(H,17,19)/t11-/m0/s1. The predicted molar refractivity (Wildman–Crippen MR) is 90.3 cm³/mol. The molecule has 0 bridgehead atoms. The fourth-order valence-electron chi connectivity index (χ4n) is 2.13. The number of nitrogens with one attached hydrogen (secondary N) is 1. The number of halogens is 1. The maximum atomic E-state index is 12.6. The Morgan fingerprint density at radius 3 is 2.65 bits per heavy atom.